The summed E-state index contributed by atoms with van der Waals surface area (Å²) in [6, 6.07) is 8.29. The zero-order valence-electron chi connectivity index (χ0n) is 13.4. The summed E-state index contributed by atoms with van der Waals surface area (Å²) in [4.78, 5) is 18.4. The molecule has 122 valence electrons. The second-order valence-corrected chi connectivity index (χ2v) is 7.08. The molecule has 4 atom stereocenters. The number of aliphatic imine (C=N–C) groups is 1. The van der Waals surface area contributed by atoms with Gasteiger partial charge in [-0.3, -0.25) is 9.79 Å². The Hall–Kier alpha value is -2.04. The van der Waals surface area contributed by atoms with E-state index in [1.54, 1.807) is 0 Å². The average Bonchev–Trinajstić information content (AvgIpc) is 3.23. The van der Waals surface area contributed by atoms with Gasteiger partial charge in [-0.2, -0.15) is 0 Å². The molecule has 2 aliphatic carbocycles. The van der Waals surface area contributed by atoms with Gasteiger partial charge in [0.1, 0.15) is 5.84 Å². The Balaban J connectivity index is 1.56. The Bertz CT molecular complexity index is 657. The van der Waals surface area contributed by atoms with Gasteiger partial charge in [-0.15, -0.1) is 0 Å². The van der Waals surface area contributed by atoms with Crippen LogP contribution in [0.15, 0.2) is 29.3 Å². The van der Waals surface area contributed by atoms with E-state index in [1.165, 1.54) is 0 Å². The van der Waals surface area contributed by atoms with Crippen LogP contribution in [0, 0.1) is 17.8 Å². The maximum absolute atomic E-state index is 11.6. The number of carbonyl (C=O) groups is 1. The Morgan fingerprint density at radius 1 is 1.35 bits per heavy atom. The van der Waals surface area contributed by atoms with Crippen LogP contribution in [0.25, 0.3) is 0 Å². The van der Waals surface area contributed by atoms with Gasteiger partial charge in [0.25, 0.3) is 0 Å². The minimum atomic E-state index is -0.647. The number of carboxylic acid groups (broad SMARTS) is 1. The molecule has 23 heavy (non-hydrogen) atoms. The first kappa shape index (κ1) is 14.5. The number of nitrogens with zero attached hydrogens (tertiary/aromatic N) is 2. The molecule has 5 heteroatoms. The number of fused-ring (bicyclic) bond motifs is 2. The molecule has 2 N–H and O–H groups in total. The van der Waals surface area contributed by atoms with E-state index in [-0.39, 0.29) is 12.0 Å². The van der Waals surface area contributed by atoms with Gasteiger partial charge >= 0.3 is 5.97 Å². The van der Waals surface area contributed by atoms with Crippen molar-refractivity contribution in [1.82, 2.24) is 4.90 Å². The van der Waals surface area contributed by atoms with Crippen molar-refractivity contribution in [2.75, 3.05) is 25.5 Å². The monoisotopic (exact) mass is 313 g/mol. The van der Waals surface area contributed by atoms with E-state index >= 15 is 0 Å². The van der Waals surface area contributed by atoms with E-state index in [0.717, 1.165) is 49.4 Å². The third kappa shape index (κ3) is 2.48. The lowest BCUT2D eigenvalue weighted by atomic mass is 9.84. The summed E-state index contributed by atoms with van der Waals surface area (Å²) in [6.07, 6.45) is 3.28. The lowest BCUT2D eigenvalue weighted by Crippen LogP contribution is -2.39. The van der Waals surface area contributed by atoms with Crippen LogP contribution in [0.4, 0.5) is 5.69 Å². The number of anilines is 1. The van der Waals surface area contributed by atoms with Crippen molar-refractivity contribution in [1.29, 1.82) is 0 Å². The summed E-state index contributed by atoms with van der Waals surface area (Å²) < 4.78 is 0. The third-order valence-corrected chi connectivity index (χ3v) is 5.71. The van der Waals surface area contributed by atoms with E-state index in [2.05, 4.69) is 34.4 Å². The van der Waals surface area contributed by atoms with Crippen LogP contribution >= 0.6 is 0 Å². The molecule has 2 saturated carbocycles. The highest BCUT2D eigenvalue weighted by Crippen LogP contribution is 2.49. The van der Waals surface area contributed by atoms with E-state index in [1.807, 2.05) is 12.1 Å². The molecule has 0 spiro atoms. The number of hydrogen-bond donors (Lipinski definition) is 2. The highest BCUT2D eigenvalue weighted by Gasteiger charge is 2.51. The number of rotatable bonds is 4. The number of aliphatic carboxylic acids is 1. The first-order valence-corrected chi connectivity index (χ1v) is 8.49. The second-order valence-electron chi connectivity index (χ2n) is 7.08. The predicted octanol–water partition coefficient (Wildman–Crippen LogP) is 2.29. The van der Waals surface area contributed by atoms with Crippen molar-refractivity contribution in [3.8, 4) is 0 Å². The molecular weight excluding hydrogens is 290 g/mol. The van der Waals surface area contributed by atoms with Crippen LogP contribution in [-0.4, -0.2) is 48.0 Å². The Labute approximate surface area is 136 Å². The number of likely N-dealkylation sites (N-methyl/N-ethyl adjacent to an activating group) is 1. The molecule has 0 radical (unpaired) electrons. The lowest BCUT2D eigenvalue weighted by Gasteiger charge is -2.30. The van der Waals surface area contributed by atoms with Gasteiger partial charge in [0.2, 0.25) is 0 Å². The molecule has 2 fully saturated rings. The number of benzene rings is 1. The van der Waals surface area contributed by atoms with Crippen LogP contribution in [0.1, 0.15) is 24.8 Å². The Morgan fingerprint density at radius 2 is 2.17 bits per heavy atom. The number of nitrogens with one attached hydrogen (secondary N) is 1. The summed E-state index contributed by atoms with van der Waals surface area (Å²) in [6.45, 7) is 1.80. The van der Waals surface area contributed by atoms with E-state index < -0.39 is 5.97 Å². The summed E-state index contributed by atoms with van der Waals surface area (Å²) in [5.74, 6) is 0.978. The van der Waals surface area contributed by atoms with Crippen molar-refractivity contribution in [2.24, 2.45) is 22.7 Å². The molecule has 2 bridgehead atoms. The minimum Gasteiger partial charge on any atom is -0.481 e. The van der Waals surface area contributed by atoms with Gasteiger partial charge in [-0.05, 0) is 43.2 Å². The molecule has 1 aliphatic heterocycles. The highest BCUT2D eigenvalue weighted by atomic mass is 16.4. The average molecular weight is 313 g/mol. The van der Waals surface area contributed by atoms with Crippen LogP contribution in [-0.2, 0) is 4.79 Å². The summed E-state index contributed by atoms with van der Waals surface area (Å²) in [5.41, 5.74) is 2.11. The quantitative estimate of drug-likeness (QED) is 0.895. The third-order valence-electron chi connectivity index (χ3n) is 5.71. The molecule has 5 nitrogen and oxygen atoms in total. The van der Waals surface area contributed by atoms with Crippen LogP contribution < -0.4 is 5.32 Å². The molecule has 4 unspecified atom stereocenters. The molecule has 1 aromatic carbocycles. The summed E-state index contributed by atoms with van der Waals surface area (Å²) >= 11 is 0. The standard InChI is InChI=1S/C18H23N3O2/c1-21-8-7-19-17(21)13-3-2-4-14(10-13)20-16-12-6-5-11(9-12)15(16)18(22)23/h2-4,10-12,15-16,20H,5-9H2,1H3,(H,22,23). The largest absolute Gasteiger partial charge is 0.481 e. The molecule has 1 heterocycles. The van der Waals surface area contributed by atoms with Crippen LogP contribution in [0.5, 0.6) is 0 Å². The molecular formula is C18H23N3O2. The maximum Gasteiger partial charge on any atom is 0.308 e. The van der Waals surface area contributed by atoms with Crippen LogP contribution in [0.3, 0.4) is 0 Å². The van der Waals surface area contributed by atoms with Gasteiger partial charge in [0.05, 0.1) is 12.5 Å². The summed E-state index contributed by atoms with van der Waals surface area (Å²) in [7, 11) is 2.06. The van der Waals surface area contributed by atoms with Crippen molar-refractivity contribution in [3.63, 3.8) is 0 Å². The molecule has 0 aromatic heterocycles. The Morgan fingerprint density at radius 3 is 2.91 bits per heavy atom. The highest BCUT2D eigenvalue weighted by molar-refractivity contribution is 6.00. The fraction of sp³-hybridized carbons (Fsp3) is 0.556. The van der Waals surface area contributed by atoms with Gasteiger partial charge < -0.3 is 15.3 Å². The molecule has 1 aromatic rings. The van der Waals surface area contributed by atoms with Crippen LogP contribution in [0.2, 0.25) is 0 Å². The SMILES string of the molecule is CN1CCN=C1c1cccc(NC2C3CCC(C3)C2C(=O)O)c1. The van der Waals surface area contributed by atoms with Gasteiger partial charge in [0.15, 0.2) is 0 Å². The van der Waals surface area contributed by atoms with Gasteiger partial charge in [-0.25, -0.2) is 0 Å². The zero-order chi connectivity index (χ0) is 16.0. The normalized spacial score (nSPS) is 32.2. The molecule has 0 saturated heterocycles. The number of amidine groups is 1. The smallest absolute Gasteiger partial charge is 0.308 e. The topological polar surface area (TPSA) is 64.9 Å². The number of hydrogen-bond acceptors (Lipinski definition) is 4. The maximum atomic E-state index is 11.6. The van der Waals surface area contributed by atoms with Crippen molar-refractivity contribution >= 4 is 17.5 Å². The predicted molar refractivity (Wildman–Crippen MR) is 89.8 cm³/mol. The molecule has 0 amide bonds. The number of carboxylic acids is 1. The van der Waals surface area contributed by atoms with E-state index in [4.69, 9.17) is 0 Å². The molecule has 3 aliphatic rings. The second kappa shape index (κ2) is 5.55. The lowest BCUT2D eigenvalue weighted by molar-refractivity contribution is -0.143. The molecule has 4 rings (SSSR count). The minimum absolute atomic E-state index is 0.0600. The van der Waals surface area contributed by atoms with E-state index in [0.29, 0.717) is 11.8 Å². The fourth-order valence-corrected chi connectivity index (χ4v) is 4.64. The first-order chi connectivity index (χ1) is 11.1. The van der Waals surface area contributed by atoms with Gasteiger partial charge in [0, 0.05) is 30.9 Å². The summed E-state index contributed by atoms with van der Waals surface area (Å²) in [5, 5.41) is 13.1. The van der Waals surface area contributed by atoms with Crippen molar-refractivity contribution in [3.05, 3.63) is 29.8 Å². The van der Waals surface area contributed by atoms with Gasteiger partial charge in [-0.1, -0.05) is 12.1 Å². The van der Waals surface area contributed by atoms with Crippen molar-refractivity contribution < 1.29 is 9.90 Å². The first-order valence-electron chi connectivity index (χ1n) is 8.49. The zero-order valence-corrected chi connectivity index (χ0v) is 13.4. The van der Waals surface area contributed by atoms with E-state index in [9.17, 15) is 9.90 Å². The Kier molecular flexibility index (Phi) is 3.51. The fourth-order valence-electron chi connectivity index (χ4n) is 4.64. The van der Waals surface area contributed by atoms with Crippen molar-refractivity contribution in [2.45, 2.75) is 25.3 Å².